The minimum absolute atomic E-state index is 0.0136. The fourth-order valence-electron chi connectivity index (χ4n) is 1.99. The van der Waals surface area contributed by atoms with Crippen LogP contribution in [0.1, 0.15) is 37.8 Å². The molecule has 3 nitrogen and oxygen atoms in total. The maximum Gasteiger partial charge on any atom is 0.227 e. The van der Waals surface area contributed by atoms with Crippen LogP contribution in [0.2, 0.25) is 0 Å². The Bertz CT molecular complexity index is 401. The quantitative estimate of drug-likeness (QED) is 0.813. The summed E-state index contributed by atoms with van der Waals surface area (Å²) in [7, 11) is 0. The highest BCUT2D eigenvalue weighted by molar-refractivity contribution is 5.92. The highest BCUT2D eigenvalue weighted by atomic mass is 16.1. The SMILES string of the molecule is CCc1ccc(NC(=O)C(C)CCCN)cc1C. The average Bonchev–Trinajstić information content (AvgIpc) is 2.36. The van der Waals surface area contributed by atoms with Crippen LogP contribution in [-0.4, -0.2) is 12.5 Å². The first-order chi connectivity index (χ1) is 8.58. The number of benzene rings is 1. The van der Waals surface area contributed by atoms with E-state index in [1.54, 1.807) is 0 Å². The van der Waals surface area contributed by atoms with E-state index in [9.17, 15) is 4.79 Å². The van der Waals surface area contributed by atoms with Gasteiger partial charge in [0.05, 0.1) is 0 Å². The van der Waals surface area contributed by atoms with E-state index >= 15 is 0 Å². The molecular formula is C15H24N2O. The molecule has 0 aromatic heterocycles. The molecule has 18 heavy (non-hydrogen) atoms. The zero-order chi connectivity index (χ0) is 13.5. The van der Waals surface area contributed by atoms with Crippen molar-refractivity contribution in [2.75, 3.05) is 11.9 Å². The largest absolute Gasteiger partial charge is 0.330 e. The van der Waals surface area contributed by atoms with Gasteiger partial charge in [-0.05, 0) is 56.0 Å². The molecule has 0 saturated carbocycles. The molecule has 1 amide bonds. The van der Waals surface area contributed by atoms with Crippen molar-refractivity contribution in [3.63, 3.8) is 0 Å². The molecule has 0 fully saturated rings. The van der Waals surface area contributed by atoms with Gasteiger partial charge in [-0.2, -0.15) is 0 Å². The molecule has 1 aromatic rings. The molecule has 1 rings (SSSR count). The zero-order valence-electron chi connectivity index (χ0n) is 11.6. The van der Waals surface area contributed by atoms with E-state index < -0.39 is 0 Å². The van der Waals surface area contributed by atoms with Crippen molar-refractivity contribution in [1.29, 1.82) is 0 Å². The van der Waals surface area contributed by atoms with Crippen LogP contribution in [0.5, 0.6) is 0 Å². The Labute approximate surface area is 110 Å². The van der Waals surface area contributed by atoms with Gasteiger partial charge in [0.25, 0.3) is 0 Å². The molecular weight excluding hydrogens is 224 g/mol. The predicted molar refractivity (Wildman–Crippen MR) is 76.6 cm³/mol. The monoisotopic (exact) mass is 248 g/mol. The van der Waals surface area contributed by atoms with Crippen LogP contribution in [0.15, 0.2) is 18.2 Å². The summed E-state index contributed by atoms with van der Waals surface area (Å²) in [6, 6.07) is 6.08. The molecule has 1 aromatic carbocycles. The second-order valence-corrected chi connectivity index (χ2v) is 4.82. The van der Waals surface area contributed by atoms with Crippen LogP contribution < -0.4 is 11.1 Å². The van der Waals surface area contributed by atoms with Gasteiger partial charge in [0.2, 0.25) is 5.91 Å². The van der Waals surface area contributed by atoms with E-state index in [2.05, 4.69) is 25.2 Å². The van der Waals surface area contributed by atoms with E-state index in [0.29, 0.717) is 6.54 Å². The Hall–Kier alpha value is -1.35. The van der Waals surface area contributed by atoms with Crippen molar-refractivity contribution in [2.45, 2.75) is 40.0 Å². The number of hydrogen-bond donors (Lipinski definition) is 2. The molecule has 0 aliphatic rings. The van der Waals surface area contributed by atoms with E-state index in [1.807, 2.05) is 19.1 Å². The number of rotatable bonds is 6. The summed E-state index contributed by atoms with van der Waals surface area (Å²) < 4.78 is 0. The third kappa shape index (κ3) is 4.15. The maximum atomic E-state index is 11.9. The lowest BCUT2D eigenvalue weighted by Crippen LogP contribution is -2.21. The Kier molecular flexibility index (Phi) is 5.86. The number of carbonyl (C=O) groups excluding carboxylic acids is 1. The van der Waals surface area contributed by atoms with E-state index in [0.717, 1.165) is 24.9 Å². The maximum absolute atomic E-state index is 11.9. The number of hydrogen-bond acceptors (Lipinski definition) is 2. The lowest BCUT2D eigenvalue weighted by molar-refractivity contribution is -0.119. The first-order valence-electron chi connectivity index (χ1n) is 6.69. The van der Waals surface area contributed by atoms with Crippen LogP contribution in [0.4, 0.5) is 5.69 Å². The number of anilines is 1. The molecule has 1 atom stereocenters. The van der Waals surface area contributed by atoms with Crippen LogP contribution in [0.3, 0.4) is 0 Å². The summed E-state index contributed by atoms with van der Waals surface area (Å²) in [6.45, 7) is 6.79. The molecule has 0 bridgehead atoms. The highest BCUT2D eigenvalue weighted by Gasteiger charge is 2.12. The van der Waals surface area contributed by atoms with Crippen molar-refractivity contribution in [2.24, 2.45) is 11.7 Å². The lowest BCUT2D eigenvalue weighted by Gasteiger charge is -2.13. The lowest BCUT2D eigenvalue weighted by atomic mass is 10.0. The zero-order valence-corrected chi connectivity index (χ0v) is 11.6. The molecule has 0 heterocycles. The molecule has 0 aliphatic heterocycles. The Balaban J connectivity index is 2.61. The molecule has 0 saturated heterocycles. The third-order valence-electron chi connectivity index (χ3n) is 3.28. The fourth-order valence-corrected chi connectivity index (χ4v) is 1.99. The predicted octanol–water partition coefficient (Wildman–Crippen LogP) is 2.87. The van der Waals surface area contributed by atoms with Gasteiger partial charge in [-0.1, -0.05) is 19.9 Å². The second kappa shape index (κ2) is 7.17. The molecule has 3 heteroatoms. The summed E-state index contributed by atoms with van der Waals surface area (Å²) in [5.41, 5.74) is 8.88. The molecule has 3 N–H and O–H groups in total. The first kappa shape index (κ1) is 14.7. The van der Waals surface area contributed by atoms with Crippen molar-refractivity contribution in [1.82, 2.24) is 0 Å². The number of nitrogens with one attached hydrogen (secondary N) is 1. The highest BCUT2D eigenvalue weighted by Crippen LogP contribution is 2.17. The minimum Gasteiger partial charge on any atom is -0.330 e. The van der Waals surface area contributed by atoms with E-state index in [-0.39, 0.29) is 11.8 Å². The summed E-state index contributed by atoms with van der Waals surface area (Å²) in [4.78, 5) is 11.9. The third-order valence-corrected chi connectivity index (χ3v) is 3.28. The van der Waals surface area contributed by atoms with Gasteiger partial charge in [0, 0.05) is 11.6 Å². The Morgan fingerprint density at radius 2 is 2.17 bits per heavy atom. The van der Waals surface area contributed by atoms with Crippen LogP contribution >= 0.6 is 0 Å². The molecule has 100 valence electrons. The summed E-state index contributed by atoms with van der Waals surface area (Å²) in [5.74, 6) is 0.0896. The second-order valence-electron chi connectivity index (χ2n) is 4.82. The Morgan fingerprint density at radius 1 is 1.44 bits per heavy atom. The minimum atomic E-state index is 0.0136. The topological polar surface area (TPSA) is 55.1 Å². The van der Waals surface area contributed by atoms with Crippen LogP contribution in [0, 0.1) is 12.8 Å². The normalized spacial score (nSPS) is 12.2. The first-order valence-corrected chi connectivity index (χ1v) is 6.69. The van der Waals surface area contributed by atoms with Gasteiger partial charge in [0.1, 0.15) is 0 Å². The van der Waals surface area contributed by atoms with Crippen molar-refractivity contribution >= 4 is 11.6 Å². The molecule has 1 unspecified atom stereocenters. The summed E-state index contributed by atoms with van der Waals surface area (Å²) >= 11 is 0. The van der Waals surface area contributed by atoms with Gasteiger partial charge < -0.3 is 11.1 Å². The molecule has 0 spiro atoms. The van der Waals surface area contributed by atoms with Crippen molar-refractivity contribution in [3.8, 4) is 0 Å². The van der Waals surface area contributed by atoms with Crippen molar-refractivity contribution < 1.29 is 4.79 Å². The summed E-state index contributed by atoms with van der Waals surface area (Å²) in [6.07, 6.45) is 2.75. The average molecular weight is 248 g/mol. The number of amides is 1. The van der Waals surface area contributed by atoms with Gasteiger partial charge >= 0.3 is 0 Å². The van der Waals surface area contributed by atoms with E-state index in [4.69, 9.17) is 5.73 Å². The Morgan fingerprint density at radius 3 is 2.72 bits per heavy atom. The number of nitrogens with two attached hydrogens (primary N) is 1. The number of carbonyl (C=O) groups is 1. The summed E-state index contributed by atoms with van der Waals surface area (Å²) in [5, 5.41) is 2.96. The van der Waals surface area contributed by atoms with Crippen LogP contribution in [-0.2, 0) is 11.2 Å². The fraction of sp³-hybridized carbons (Fsp3) is 0.533. The van der Waals surface area contributed by atoms with Crippen LogP contribution in [0.25, 0.3) is 0 Å². The number of aryl methyl sites for hydroxylation is 2. The van der Waals surface area contributed by atoms with Crippen molar-refractivity contribution in [3.05, 3.63) is 29.3 Å². The van der Waals surface area contributed by atoms with Gasteiger partial charge in [0.15, 0.2) is 0 Å². The molecule has 0 aliphatic carbocycles. The smallest absolute Gasteiger partial charge is 0.227 e. The van der Waals surface area contributed by atoms with Gasteiger partial charge in [-0.15, -0.1) is 0 Å². The van der Waals surface area contributed by atoms with Gasteiger partial charge in [-0.25, -0.2) is 0 Å². The van der Waals surface area contributed by atoms with Gasteiger partial charge in [-0.3, -0.25) is 4.79 Å². The standard InChI is InChI=1S/C15H24N2O/c1-4-13-7-8-14(10-12(13)3)17-15(18)11(2)6-5-9-16/h7-8,10-11H,4-6,9,16H2,1-3H3,(H,17,18). The van der Waals surface area contributed by atoms with E-state index in [1.165, 1.54) is 11.1 Å². The molecule has 0 radical (unpaired) electrons.